The highest BCUT2D eigenvalue weighted by Crippen LogP contribution is 2.07. The standard InChI is InChI=1S/C11H23N3O2/c12-11(16)4-3-5-13-8-10(15)9-14-6-1-2-7-14/h10,13,15H,1-9H2,(H2,12,16). The average molecular weight is 229 g/mol. The van der Waals surface area contributed by atoms with Gasteiger partial charge in [-0.1, -0.05) is 0 Å². The first kappa shape index (κ1) is 13.4. The number of hydrogen-bond donors (Lipinski definition) is 3. The first-order valence-corrected chi connectivity index (χ1v) is 6.08. The van der Waals surface area contributed by atoms with E-state index in [2.05, 4.69) is 10.2 Å². The SMILES string of the molecule is NC(=O)CCCNCC(O)CN1CCCC1. The van der Waals surface area contributed by atoms with E-state index in [0.717, 1.165) is 32.6 Å². The van der Waals surface area contributed by atoms with E-state index in [0.29, 0.717) is 13.0 Å². The highest BCUT2D eigenvalue weighted by Gasteiger charge is 2.15. The van der Waals surface area contributed by atoms with Gasteiger partial charge in [-0.3, -0.25) is 4.79 Å². The van der Waals surface area contributed by atoms with Crippen LogP contribution in [0.3, 0.4) is 0 Å². The van der Waals surface area contributed by atoms with Crippen LogP contribution < -0.4 is 11.1 Å². The summed E-state index contributed by atoms with van der Waals surface area (Å²) in [5.41, 5.74) is 5.02. The molecule has 0 aliphatic carbocycles. The highest BCUT2D eigenvalue weighted by atomic mass is 16.3. The number of likely N-dealkylation sites (tertiary alicyclic amines) is 1. The Morgan fingerprint density at radius 1 is 1.44 bits per heavy atom. The predicted molar refractivity (Wildman–Crippen MR) is 63.0 cm³/mol. The maximum absolute atomic E-state index is 10.5. The van der Waals surface area contributed by atoms with Crippen LogP contribution in [0.1, 0.15) is 25.7 Å². The van der Waals surface area contributed by atoms with Gasteiger partial charge in [-0.2, -0.15) is 0 Å². The average Bonchev–Trinajstić information content (AvgIpc) is 2.69. The summed E-state index contributed by atoms with van der Waals surface area (Å²) in [4.78, 5) is 12.8. The quantitative estimate of drug-likeness (QED) is 0.481. The van der Waals surface area contributed by atoms with Crippen molar-refractivity contribution in [2.75, 3.05) is 32.7 Å². The summed E-state index contributed by atoms with van der Waals surface area (Å²) in [6, 6.07) is 0. The zero-order valence-electron chi connectivity index (χ0n) is 9.82. The molecule has 1 saturated heterocycles. The predicted octanol–water partition coefficient (Wildman–Crippen LogP) is -0.702. The number of hydrogen-bond acceptors (Lipinski definition) is 4. The molecule has 5 heteroatoms. The van der Waals surface area contributed by atoms with Crippen LogP contribution in [0.25, 0.3) is 0 Å². The molecule has 1 rings (SSSR count). The summed E-state index contributed by atoms with van der Waals surface area (Å²) >= 11 is 0. The third kappa shape index (κ3) is 6.05. The van der Waals surface area contributed by atoms with Gasteiger partial charge in [-0.25, -0.2) is 0 Å². The number of nitrogens with two attached hydrogens (primary N) is 1. The number of aliphatic hydroxyl groups excluding tert-OH is 1. The molecule has 0 bridgehead atoms. The van der Waals surface area contributed by atoms with Crippen LogP contribution in [0.5, 0.6) is 0 Å². The largest absolute Gasteiger partial charge is 0.390 e. The molecular formula is C11H23N3O2. The number of β-amino-alcohol motifs (C(OH)–C–C–N with tert-alkyl or cyclic N) is 1. The van der Waals surface area contributed by atoms with E-state index in [-0.39, 0.29) is 12.0 Å². The van der Waals surface area contributed by atoms with Gasteiger partial charge in [-0.15, -0.1) is 0 Å². The van der Waals surface area contributed by atoms with E-state index < -0.39 is 0 Å². The van der Waals surface area contributed by atoms with Crippen LogP contribution in [0.2, 0.25) is 0 Å². The van der Waals surface area contributed by atoms with Gasteiger partial charge in [0, 0.05) is 19.5 Å². The second kappa shape index (κ2) is 7.60. The van der Waals surface area contributed by atoms with Gasteiger partial charge in [-0.05, 0) is 38.9 Å². The molecule has 0 aromatic carbocycles. The van der Waals surface area contributed by atoms with Crippen molar-refractivity contribution in [3.05, 3.63) is 0 Å². The maximum Gasteiger partial charge on any atom is 0.217 e. The molecule has 5 nitrogen and oxygen atoms in total. The molecule has 1 heterocycles. The normalized spacial score (nSPS) is 18.8. The van der Waals surface area contributed by atoms with E-state index in [9.17, 15) is 9.90 Å². The molecule has 16 heavy (non-hydrogen) atoms. The smallest absolute Gasteiger partial charge is 0.217 e. The molecule has 1 fully saturated rings. The molecule has 1 unspecified atom stereocenters. The first-order chi connectivity index (χ1) is 7.68. The minimum Gasteiger partial charge on any atom is -0.390 e. The van der Waals surface area contributed by atoms with E-state index >= 15 is 0 Å². The topological polar surface area (TPSA) is 78.6 Å². The highest BCUT2D eigenvalue weighted by molar-refractivity contribution is 5.73. The molecular weight excluding hydrogens is 206 g/mol. The lowest BCUT2D eigenvalue weighted by Gasteiger charge is -2.19. The van der Waals surface area contributed by atoms with E-state index in [4.69, 9.17) is 5.73 Å². The van der Waals surface area contributed by atoms with Crippen LogP contribution in [0.4, 0.5) is 0 Å². The third-order valence-corrected chi connectivity index (χ3v) is 2.82. The Morgan fingerprint density at radius 2 is 2.12 bits per heavy atom. The Balaban J connectivity index is 1.93. The van der Waals surface area contributed by atoms with Crippen LogP contribution in [0.15, 0.2) is 0 Å². The Kier molecular flexibility index (Phi) is 6.37. The Labute approximate surface area is 97.0 Å². The fourth-order valence-corrected chi connectivity index (χ4v) is 1.98. The van der Waals surface area contributed by atoms with Crippen LogP contribution in [-0.2, 0) is 4.79 Å². The van der Waals surface area contributed by atoms with Crippen molar-refractivity contribution in [3.63, 3.8) is 0 Å². The van der Waals surface area contributed by atoms with Crippen LogP contribution in [-0.4, -0.2) is 54.7 Å². The zero-order chi connectivity index (χ0) is 11.8. The van der Waals surface area contributed by atoms with Gasteiger partial charge >= 0.3 is 0 Å². The molecule has 0 aromatic heterocycles. The Bertz CT molecular complexity index is 205. The molecule has 1 amide bonds. The molecule has 0 spiro atoms. The summed E-state index contributed by atoms with van der Waals surface area (Å²) < 4.78 is 0. The monoisotopic (exact) mass is 229 g/mol. The molecule has 1 atom stereocenters. The summed E-state index contributed by atoms with van der Waals surface area (Å²) in [6.07, 6.45) is 3.34. The second-order valence-electron chi connectivity index (χ2n) is 4.44. The molecule has 94 valence electrons. The van der Waals surface area contributed by atoms with Crippen LogP contribution >= 0.6 is 0 Å². The number of primary amides is 1. The lowest BCUT2D eigenvalue weighted by molar-refractivity contribution is -0.118. The lowest BCUT2D eigenvalue weighted by atomic mass is 10.3. The van der Waals surface area contributed by atoms with Crippen molar-refractivity contribution in [2.24, 2.45) is 5.73 Å². The summed E-state index contributed by atoms with van der Waals surface area (Å²) in [5, 5.41) is 12.9. The Hall–Kier alpha value is -0.650. The van der Waals surface area contributed by atoms with Crippen molar-refractivity contribution >= 4 is 5.91 Å². The number of amides is 1. The molecule has 0 aromatic rings. The maximum atomic E-state index is 10.5. The molecule has 0 radical (unpaired) electrons. The van der Waals surface area contributed by atoms with Gasteiger partial charge < -0.3 is 21.1 Å². The Morgan fingerprint density at radius 3 is 2.75 bits per heavy atom. The van der Waals surface area contributed by atoms with Gasteiger partial charge in [0.1, 0.15) is 0 Å². The van der Waals surface area contributed by atoms with Crippen LogP contribution in [0, 0.1) is 0 Å². The van der Waals surface area contributed by atoms with E-state index in [1.54, 1.807) is 0 Å². The van der Waals surface area contributed by atoms with E-state index in [1.807, 2.05) is 0 Å². The number of aliphatic hydroxyl groups is 1. The number of rotatable bonds is 8. The van der Waals surface area contributed by atoms with Crippen molar-refractivity contribution in [1.82, 2.24) is 10.2 Å². The third-order valence-electron chi connectivity index (χ3n) is 2.82. The second-order valence-corrected chi connectivity index (χ2v) is 4.44. The first-order valence-electron chi connectivity index (χ1n) is 6.08. The van der Waals surface area contributed by atoms with Gasteiger partial charge in [0.2, 0.25) is 5.91 Å². The number of nitrogens with one attached hydrogen (secondary N) is 1. The molecule has 0 saturated carbocycles. The van der Waals surface area contributed by atoms with E-state index in [1.165, 1.54) is 12.8 Å². The number of nitrogens with zero attached hydrogens (tertiary/aromatic N) is 1. The van der Waals surface area contributed by atoms with Crippen molar-refractivity contribution in [1.29, 1.82) is 0 Å². The fourth-order valence-electron chi connectivity index (χ4n) is 1.98. The zero-order valence-corrected chi connectivity index (χ0v) is 9.82. The molecule has 4 N–H and O–H groups in total. The molecule has 1 aliphatic rings. The van der Waals surface area contributed by atoms with Gasteiger partial charge in [0.25, 0.3) is 0 Å². The molecule has 1 aliphatic heterocycles. The minimum absolute atomic E-state index is 0.264. The van der Waals surface area contributed by atoms with Crippen molar-refractivity contribution in [3.8, 4) is 0 Å². The van der Waals surface area contributed by atoms with Gasteiger partial charge in [0.15, 0.2) is 0 Å². The number of carbonyl (C=O) groups excluding carboxylic acids is 1. The number of carbonyl (C=O) groups is 1. The van der Waals surface area contributed by atoms with Crippen molar-refractivity contribution < 1.29 is 9.90 Å². The van der Waals surface area contributed by atoms with Crippen molar-refractivity contribution in [2.45, 2.75) is 31.8 Å². The van der Waals surface area contributed by atoms with Gasteiger partial charge in [0.05, 0.1) is 6.10 Å². The summed E-state index contributed by atoms with van der Waals surface area (Å²) in [7, 11) is 0. The summed E-state index contributed by atoms with van der Waals surface area (Å²) in [5.74, 6) is -0.264. The summed E-state index contributed by atoms with van der Waals surface area (Å²) in [6.45, 7) is 4.30. The minimum atomic E-state index is -0.313. The fraction of sp³-hybridized carbons (Fsp3) is 0.909. The lowest BCUT2D eigenvalue weighted by Crippen LogP contribution is -2.37.